The highest BCUT2D eigenvalue weighted by atomic mass is 16.5. The number of hydrogen-bond acceptors (Lipinski definition) is 7. The van der Waals surface area contributed by atoms with Crippen molar-refractivity contribution in [2.24, 2.45) is 0 Å². The SMILES string of the molecule is COc1cc2c(cc1-c1c(C)noc1C)ncc1oc(=O)n(CC3CCCCN3)c12. The summed E-state index contributed by atoms with van der Waals surface area (Å²) in [5, 5.41) is 8.38. The van der Waals surface area contributed by atoms with Crippen LogP contribution < -0.4 is 15.8 Å². The predicted molar refractivity (Wildman–Crippen MR) is 113 cm³/mol. The number of aromatic nitrogens is 3. The number of piperidine rings is 1. The van der Waals surface area contributed by atoms with E-state index in [-0.39, 0.29) is 11.8 Å². The molecule has 8 heteroatoms. The number of ether oxygens (including phenoxy) is 1. The molecule has 8 nitrogen and oxygen atoms in total. The molecule has 0 radical (unpaired) electrons. The second-order valence-electron chi connectivity index (χ2n) is 7.87. The third kappa shape index (κ3) is 2.99. The van der Waals surface area contributed by atoms with Gasteiger partial charge in [-0.25, -0.2) is 4.79 Å². The van der Waals surface area contributed by atoms with E-state index >= 15 is 0 Å². The molecule has 1 aliphatic rings. The zero-order chi connectivity index (χ0) is 20.8. The molecule has 1 aliphatic heterocycles. The monoisotopic (exact) mass is 408 g/mol. The van der Waals surface area contributed by atoms with Gasteiger partial charge in [0.2, 0.25) is 0 Å². The summed E-state index contributed by atoms with van der Waals surface area (Å²) in [6, 6.07) is 4.14. The van der Waals surface area contributed by atoms with Crippen LogP contribution >= 0.6 is 0 Å². The van der Waals surface area contributed by atoms with E-state index in [0.717, 1.165) is 52.0 Å². The van der Waals surface area contributed by atoms with Gasteiger partial charge < -0.3 is 19.0 Å². The molecule has 1 fully saturated rings. The lowest BCUT2D eigenvalue weighted by atomic mass is 10.0. The number of rotatable bonds is 4. The minimum atomic E-state index is -0.361. The first kappa shape index (κ1) is 18.9. The molecule has 3 aromatic heterocycles. The third-order valence-electron chi connectivity index (χ3n) is 5.93. The van der Waals surface area contributed by atoms with Gasteiger partial charge in [-0.3, -0.25) is 9.55 Å². The fraction of sp³-hybridized carbons (Fsp3) is 0.409. The quantitative estimate of drug-likeness (QED) is 0.551. The first-order valence-corrected chi connectivity index (χ1v) is 10.2. The van der Waals surface area contributed by atoms with Crippen LogP contribution in [0.1, 0.15) is 30.7 Å². The molecule has 0 saturated carbocycles. The van der Waals surface area contributed by atoms with E-state index in [0.29, 0.717) is 17.9 Å². The topological polar surface area (TPSA) is 95.3 Å². The van der Waals surface area contributed by atoms with E-state index in [4.69, 9.17) is 13.7 Å². The zero-order valence-electron chi connectivity index (χ0n) is 17.3. The number of aryl methyl sites for hydroxylation is 2. The highest BCUT2D eigenvalue weighted by molar-refractivity contribution is 6.04. The summed E-state index contributed by atoms with van der Waals surface area (Å²) in [5.41, 5.74) is 4.53. The molecule has 156 valence electrons. The molecule has 1 N–H and O–H groups in total. The largest absolute Gasteiger partial charge is 0.496 e. The molecule has 1 atom stereocenters. The van der Waals surface area contributed by atoms with Gasteiger partial charge in [-0.1, -0.05) is 11.6 Å². The van der Waals surface area contributed by atoms with Crippen LogP contribution in [-0.4, -0.2) is 34.4 Å². The van der Waals surface area contributed by atoms with Crippen LogP contribution in [-0.2, 0) is 6.54 Å². The minimum Gasteiger partial charge on any atom is -0.496 e. The number of hydrogen-bond donors (Lipinski definition) is 1. The van der Waals surface area contributed by atoms with Gasteiger partial charge >= 0.3 is 5.76 Å². The Bertz CT molecular complexity index is 1270. The molecule has 0 aliphatic carbocycles. The summed E-state index contributed by atoms with van der Waals surface area (Å²) in [4.78, 5) is 17.2. The van der Waals surface area contributed by atoms with E-state index in [1.54, 1.807) is 17.9 Å². The van der Waals surface area contributed by atoms with Gasteiger partial charge in [0.05, 0.1) is 30.1 Å². The molecule has 5 rings (SSSR count). The molecule has 1 saturated heterocycles. The lowest BCUT2D eigenvalue weighted by molar-refractivity contribution is 0.354. The number of benzene rings is 1. The summed E-state index contributed by atoms with van der Waals surface area (Å²) in [7, 11) is 1.63. The summed E-state index contributed by atoms with van der Waals surface area (Å²) in [6.45, 7) is 5.32. The van der Waals surface area contributed by atoms with Crippen LogP contribution in [0, 0.1) is 13.8 Å². The first-order valence-electron chi connectivity index (χ1n) is 10.2. The summed E-state index contributed by atoms with van der Waals surface area (Å²) < 4.78 is 18.3. The van der Waals surface area contributed by atoms with Gasteiger partial charge in [-0.05, 0) is 45.4 Å². The number of fused-ring (bicyclic) bond motifs is 3. The Morgan fingerprint density at radius 3 is 2.87 bits per heavy atom. The second kappa shape index (κ2) is 7.28. The van der Waals surface area contributed by atoms with Crippen LogP contribution in [0.3, 0.4) is 0 Å². The zero-order valence-corrected chi connectivity index (χ0v) is 17.3. The van der Waals surface area contributed by atoms with Crippen molar-refractivity contribution in [1.82, 2.24) is 20.0 Å². The molecule has 0 spiro atoms. The standard InChI is InChI=1S/C22H24N4O4/c1-12-20(13(2)30-25-12)16-8-17-15(9-18(16)28-3)21-19(10-24-17)29-22(27)26(21)11-14-6-4-5-7-23-14/h8-10,14,23H,4-7,11H2,1-3H3. The first-order chi connectivity index (χ1) is 14.6. The van der Waals surface area contributed by atoms with Gasteiger partial charge in [0.15, 0.2) is 5.58 Å². The van der Waals surface area contributed by atoms with Crippen LogP contribution in [0.25, 0.3) is 33.1 Å². The van der Waals surface area contributed by atoms with Gasteiger partial charge in [-0.2, -0.15) is 0 Å². The normalized spacial score (nSPS) is 17.1. The lowest BCUT2D eigenvalue weighted by Gasteiger charge is -2.23. The molecule has 1 aromatic carbocycles. The van der Waals surface area contributed by atoms with Gasteiger partial charge in [0.1, 0.15) is 17.0 Å². The van der Waals surface area contributed by atoms with Crippen LogP contribution in [0.15, 0.2) is 32.1 Å². The van der Waals surface area contributed by atoms with Crippen molar-refractivity contribution in [3.63, 3.8) is 0 Å². The summed E-state index contributed by atoms with van der Waals surface area (Å²) in [5.74, 6) is 1.03. The number of pyridine rings is 1. The highest BCUT2D eigenvalue weighted by Crippen LogP contribution is 2.38. The van der Waals surface area contributed by atoms with Gasteiger partial charge in [0, 0.05) is 23.5 Å². The molecular formula is C22H24N4O4. The Hall–Kier alpha value is -3.13. The Morgan fingerprint density at radius 2 is 2.17 bits per heavy atom. The number of nitrogens with one attached hydrogen (secondary N) is 1. The Labute approximate surface area is 172 Å². The van der Waals surface area contributed by atoms with E-state index in [1.807, 2.05) is 26.0 Å². The number of nitrogens with zero attached hydrogens (tertiary/aromatic N) is 3. The molecule has 4 aromatic rings. The average molecular weight is 408 g/mol. The number of methoxy groups -OCH3 is 1. The maximum absolute atomic E-state index is 12.6. The Morgan fingerprint density at radius 1 is 1.30 bits per heavy atom. The Kier molecular flexibility index (Phi) is 4.58. The molecule has 0 bridgehead atoms. The highest BCUT2D eigenvalue weighted by Gasteiger charge is 2.22. The third-order valence-corrected chi connectivity index (χ3v) is 5.93. The van der Waals surface area contributed by atoms with Gasteiger partial charge in [0.25, 0.3) is 0 Å². The summed E-state index contributed by atoms with van der Waals surface area (Å²) in [6.07, 6.45) is 5.00. The van der Waals surface area contributed by atoms with Crippen molar-refractivity contribution in [1.29, 1.82) is 0 Å². The molecule has 0 amide bonds. The molecule has 1 unspecified atom stereocenters. The van der Waals surface area contributed by atoms with Crippen molar-refractivity contribution in [3.8, 4) is 16.9 Å². The fourth-order valence-electron chi connectivity index (χ4n) is 4.48. The van der Waals surface area contributed by atoms with E-state index in [9.17, 15) is 4.79 Å². The maximum Gasteiger partial charge on any atom is 0.420 e. The minimum absolute atomic E-state index is 0.254. The van der Waals surface area contributed by atoms with Crippen LogP contribution in [0.2, 0.25) is 0 Å². The van der Waals surface area contributed by atoms with Crippen molar-refractivity contribution >= 4 is 22.0 Å². The number of oxazole rings is 1. The Balaban J connectivity index is 1.72. The maximum atomic E-state index is 12.6. The van der Waals surface area contributed by atoms with E-state index in [2.05, 4.69) is 15.5 Å². The fourth-order valence-corrected chi connectivity index (χ4v) is 4.48. The predicted octanol–water partition coefficient (Wildman–Crippen LogP) is 3.57. The van der Waals surface area contributed by atoms with Crippen molar-refractivity contribution < 1.29 is 13.7 Å². The van der Waals surface area contributed by atoms with Gasteiger partial charge in [-0.15, -0.1) is 0 Å². The van der Waals surface area contributed by atoms with Crippen molar-refractivity contribution in [2.45, 2.75) is 45.7 Å². The smallest absolute Gasteiger partial charge is 0.420 e. The second-order valence-corrected chi connectivity index (χ2v) is 7.87. The van der Waals surface area contributed by atoms with Crippen LogP contribution in [0.4, 0.5) is 0 Å². The van der Waals surface area contributed by atoms with Crippen LogP contribution in [0.5, 0.6) is 5.75 Å². The summed E-state index contributed by atoms with van der Waals surface area (Å²) >= 11 is 0. The lowest BCUT2D eigenvalue weighted by Crippen LogP contribution is -2.39. The van der Waals surface area contributed by atoms with E-state index in [1.165, 1.54) is 12.8 Å². The van der Waals surface area contributed by atoms with Crippen molar-refractivity contribution in [3.05, 3.63) is 40.3 Å². The average Bonchev–Trinajstić information content (AvgIpc) is 3.26. The van der Waals surface area contributed by atoms with Crippen molar-refractivity contribution in [2.75, 3.05) is 13.7 Å². The molecule has 4 heterocycles. The van der Waals surface area contributed by atoms with E-state index < -0.39 is 0 Å². The molecule has 30 heavy (non-hydrogen) atoms. The molecular weight excluding hydrogens is 384 g/mol.